The number of ether oxygens (including phenoxy) is 1. The summed E-state index contributed by atoms with van der Waals surface area (Å²) < 4.78 is 11.2. The number of hydrogen-bond donors (Lipinski definition) is 1. The molecule has 1 aromatic heterocycles. The van der Waals surface area contributed by atoms with Crippen molar-refractivity contribution in [2.75, 3.05) is 7.11 Å². The average molecular weight is 235 g/mol. The van der Waals surface area contributed by atoms with Gasteiger partial charge in [-0.1, -0.05) is 6.07 Å². The predicted octanol–water partition coefficient (Wildman–Crippen LogP) is 0.601. The van der Waals surface area contributed by atoms with Crippen molar-refractivity contribution in [1.29, 1.82) is 0 Å². The first-order valence-electron chi connectivity index (χ1n) is 5.10. The van der Waals surface area contributed by atoms with Crippen molar-refractivity contribution in [2.45, 2.75) is 13.5 Å². The van der Waals surface area contributed by atoms with E-state index in [1.54, 1.807) is 12.1 Å². The van der Waals surface area contributed by atoms with Gasteiger partial charge < -0.3 is 14.9 Å². The van der Waals surface area contributed by atoms with E-state index in [1.807, 2.05) is 13.0 Å². The van der Waals surface area contributed by atoms with Crippen LogP contribution in [0.4, 0.5) is 0 Å². The number of nitrogens with two attached hydrogens (primary N) is 1. The Balaban J connectivity index is 2.62. The third-order valence-electron chi connectivity index (χ3n) is 2.33. The highest BCUT2D eigenvalue weighted by molar-refractivity contribution is 5.47. The molecule has 2 rings (SSSR count). The molecular formula is C11H13N3O3. The Kier molecular flexibility index (Phi) is 2.97. The van der Waals surface area contributed by atoms with Crippen LogP contribution in [0, 0.1) is 6.92 Å². The van der Waals surface area contributed by atoms with Gasteiger partial charge in [0.05, 0.1) is 13.7 Å². The molecule has 0 aliphatic rings. The average Bonchev–Trinajstić information content (AvgIpc) is 2.70. The Morgan fingerprint density at radius 1 is 1.53 bits per heavy atom. The molecule has 2 aromatic rings. The molecule has 0 unspecified atom stereocenters. The molecule has 0 bridgehead atoms. The molecule has 6 nitrogen and oxygen atoms in total. The van der Waals surface area contributed by atoms with Gasteiger partial charge in [-0.25, -0.2) is 4.79 Å². The molecule has 2 N–H and O–H groups in total. The summed E-state index contributed by atoms with van der Waals surface area (Å²) >= 11 is 0. The molecule has 0 spiro atoms. The first-order valence-corrected chi connectivity index (χ1v) is 5.10. The maximum absolute atomic E-state index is 11.6. The molecule has 90 valence electrons. The zero-order valence-electron chi connectivity index (χ0n) is 9.64. The maximum Gasteiger partial charge on any atom is 0.442 e. The summed E-state index contributed by atoms with van der Waals surface area (Å²) in [5.41, 5.74) is 6.90. The van der Waals surface area contributed by atoms with Crippen LogP contribution in [-0.4, -0.2) is 16.9 Å². The Morgan fingerprint density at radius 3 is 2.88 bits per heavy atom. The molecule has 0 saturated heterocycles. The smallest absolute Gasteiger partial charge is 0.442 e. The molecule has 0 aliphatic heterocycles. The van der Waals surface area contributed by atoms with Crippen molar-refractivity contribution >= 4 is 0 Å². The number of aromatic nitrogens is 2. The van der Waals surface area contributed by atoms with Crippen LogP contribution in [0.2, 0.25) is 0 Å². The second-order valence-electron chi connectivity index (χ2n) is 3.55. The lowest BCUT2D eigenvalue weighted by atomic mass is 10.2. The van der Waals surface area contributed by atoms with Crippen LogP contribution < -0.4 is 16.2 Å². The van der Waals surface area contributed by atoms with Gasteiger partial charge in [-0.15, -0.1) is 5.10 Å². The molecule has 17 heavy (non-hydrogen) atoms. The Morgan fingerprint density at radius 2 is 2.29 bits per heavy atom. The first-order chi connectivity index (χ1) is 8.15. The molecule has 0 aliphatic carbocycles. The van der Waals surface area contributed by atoms with E-state index in [0.29, 0.717) is 11.4 Å². The molecule has 1 aromatic carbocycles. The standard InChI is InChI=1S/C11H13N3O3/c1-7-3-4-9(16-2)8(5-7)14-11(15)17-10(6-12)13-14/h3-5H,6,12H2,1-2H3. The first kappa shape index (κ1) is 11.4. The predicted molar refractivity (Wildman–Crippen MR) is 61.3 cm³/mol. The summed E-state index contributed by atoms with van der Waals surface area (Å²) in [5, 5.41) is 3.98. The van der Waals surface area contributed by atoms with E-state index >= 15 is 0 Å². The monoisotopic (exact) mass is 235 g/mol. The van der Waals surface area contributed by atoms with Crippen LogP contribution in [0.1, 0.15) is 11.5 Å². The number of hydrogen-bond acceptors (Lipinski definition) is 5. The molecule has 1 heterocycles. The van der Waals surface area contributed by atoms with Gasteiger partial charge in [-0.05, 0) is 24.6 Å². The molecule has 0 atom stereocenters. The number of nitrogens with zero attached hydrogens (tertiary/aromatic N) is 2. The fourth-order valence-corrected chi connectivity index (χ4v) is 1.52. The lowest BCUT2D eigenvalue weighted by Crippen LogP contribution is -2.14. The minimum Gasteiger partial charge on any atom is -0.494 e. The zero-order valence-corrected chi connectivity index (χ0v) is 9.64. The minimum absolute atomic E-state index is 0.0797. The number of rotatable bonds is 3. The summed E-state index contributed by atoms with van der Waals surface area (Å²) in [5.74, 6) is 0.169. The van der Waals surface area contributed by atoms with Gasteiger partial charge in [0, 0.05) is 0 Å². The lowest BCUT2D eigenvalue weighted by molar-refractivity contribution is 0.409. The third kappa shape index (κ3) is 2.07. The number of aryl methyl sites for hydroxylation is 1. The van der Waals surface area contributed by atoms with E-state index in [0.717, 1.165) is 10.2 Å². The van der Waals surface area contributed by atoms with Crippen LogP contribution in [0.5, 0.6) is 5.75 Å². The summed E-state index contributed by atoms with van der Waals surface area (Å²) in [6, 6.07) is 5.45. The Labute approximate surface area is 97.6 Å². The number of methoxy groups -OCH3 is 1. The van der Waals surface area contributed by atoms with Crippen LogP contribution in [0.25, 0.3) is 5.69 Å². The summed E-state index contributed by atoms with van der Waals surface area (Å²) in [4.78, 5) is 11.6. The van der Waals surface area contributed by atoms with E-state index in [1.165, 1.54) is 7.11 Å². The van der Waals surface area contributed by atoms with E-state index in [-0.39, 0.29) is 12.4 Å². The third-order valence-corrected chi connectivity index (χ3v) is 2.33. The van der Waals surface area contributed by atoms with Gasteiger partial charge in [0.25, 0.3) is 0 Å². The largest absolute Gasteiger partial charge is 0.494 e. The van der Waals surface area contributed by atoms with Gasteiger partial charge in [-0.2, -0.15) is 4.68 Å². The van der Waals surface area contributed by atoms with Crippen LogP contribution in [0.15, 0.2) is 27.4 Å². The second-order valence-corrected chi connectivity index (χ2v) is 3.55. The lowest BCUT2D eigenvalue weighted by Gasteiger charge is -2.07. The summed E-state index contributed by atoms with van der Waals surface area (Å²) in [6.45, 7) is 1.99. The molecule has 6 heteroatoms. The van der Waals surface area contributed by atoms with Crippen molar-refractivity contribution < 1.29 is 9.15 Å². The minimum atomic E-state index is -0.575. The van der Waals surface area contributed by atoms with Gasteiger partial charge in [-0.3, -0.25) is 0 Å². The molecule has 0 radical (unpaired) electrons. The van der Waals surface area contributed by atoms with E-state index < -0.39 is 5.76 Å². The SMILES string of the molecule is COc1ccc(C)cc1-n1nc(CN)oc1=O. The fraction of sp³-hybridized carbons (Fsp3) is 0.273. The maximum atomic E-state index is 11.6. The fourth-order valence-electron chi connectivity index (χ4n) is 1.52. The van der Waals surface area contributed by atoms with Gasteiger partial charge in [0.1, 0.15) is 11.4 Å². The van der Waals surface area contributed by atoms with Gasteiger partial charge >= 0.3 is 5.76 Å². The molecule has 0 fully saturated rings. The van der Waals surface area contributed by atoms with Gasteiger partial charge in [0.15, 0.2) is 0 Å². The van der Waals surface area contributed by atoms with Crippen molar-refractivity contribution in [3.8, 4) is 11.4 Å². The summed E-state index contributed by atoms with van der Waals surface area (Å²) in [6.07, 6.45) is 0. The van der Waals surface area contributed by atoms with Crippen molar-refractivity contribution in [2.24, 2.45) is 5.73 Å². The van der Waals surface area contributed by atoms with Crippen LogP contribution in [0.3, 0.4) is 0 Å². The highest BCUT2D eigenvalue weighted by atomic mass is 16.5. The van der Waals surface area contributed by atoms with Crippen molar-refractivity contribution in [3.05, 3.63) is 40.2 Å². The van der Waals surface area contributed by atoms with E-state index in [2.05, 4.69) is 5.10 Å². The van der Waals surface area contributed by atoms with E-state index in [9.17, 15) is 4.79 Å². The van der Waals surface area contributed by atoms with Crippen molar-refractivity contribution in [1.82, 2.24) is 9.78 Å². The summed E-state index contributed by atoms with van der Waals surface area (Å²) in [7, 11) is 1.53. The topological polar surface area (TPSA) is 83.3 Å². The van der Waals surface area contributed by atoms with E-state index in [4.69, 9.17) is 14.9 Å². The van der Waals surface area contributed by atoms with Crippen LogP contribution >= 0.6 is 0 Å². The van der Waals surface area contributed by atoms with Gasteiger partial charge in [0.2, 0.25) is 5.89 Å². The molecular weight excluding hydrogens is 222 g/mol. The molecule has 0 amide bonds. The Bertz CT molecular complexity index is 586. The zero-order chi connectivity index (χ0) is 12.4. The highest BCUT2D eigenvalue weighted by Gasteiger charge is 2.13. The Hall–Kier alpha value is -2.08. The number of benzene rings is 1. The van der Waals surface area contributed by atoms with Crippen LogP contribution in [-0.2, 0) is 6.54 Å². The second kappa shape index (κ2) is 4.42. The molecule has 0 saturated carbocycles. The highest BCUT2D eigenvalue weighted by Crippen LogP contribution is 2.22. The quantitative estimate of drug-likeness (QED) is 0.842. The van der Waals surface area contributed by atoms with Crippen molar-refractivity contribution in [3.63, 3.8) is 0 Å². The normalized spacial score (nSPS) is 10.5.